The van der Waals surface area contributed by atoms with E-state index in [9.17, 15) is 18.0 Å². The van der Waals surface area contributed by atoms with Crippen LogP contribution in [0.5, 0.6) is 5.75 Å². The van der Waals surface area contributed by atoms with Crippen LogP contribution in [-0.2, 0) is 17.5 Å². The molecule has 1 aromatic heterocycles. The quantitative estimate of drug-likeness (QED) is 0.620. The van der Waals surface area contributed by atoms with Gasteiger partial charge in [-0.3, -0.25) is 4.79 Å². The van der Waals surface area contributed by atoms with Gasteiger partial charge in [0.2, 0.25) is 5.91 Å². The molecule has 0 bridgehead atoms. The number of nitrogens with zero attached hydrogens (tertiary/aromatic N) is 3. The van der Waals surface area contributed by atoms with Crippen LogP contribution in [0.2, 0.25) is 0 Å². The van der Waals surface area contributed by atoms with Gasteiger partial charge in [0.15, 0.2) is 5.82 Å². The van der Waals surface area contributed by atoms with Gasteiger partial charge >= 0.3 is 6.18 Å². The number of alkyl halides is 3. The Morgan fingerprint density at radius 3 is 2.67 bits per heavy atom. The van der Waals surface area contributed by atoms with Crippen molar-refractivity contribution in [1.82, 2.24) is 15.0 Å². The van der Waals surface area contributed by atoms with Crippen molar-refractivity contribution in [1.29, 1.82) is 0 Å². The van der Waals surface area contributed by atoms with Gasteiger partial charge in [0, 0.05) is 31.0 Å². The third-order valence-corrected chi connectivity index (χ3v) is 4.99. The normalized spacial score (nSPS) is 16.9. The first kappa shape index (κ1) is 19.9. The second kappa shape index (κ2) is 7.81. The maximum atomic E-state index is 12.7. The third kappa shape index (κ3) is 4.14. The Morgan fingerprint density at radius 1 is 1.20 bits per heavy atom. The summed E-state index contributed by atoms with van der Waals surface area (Å²) < 4.78 is 48.6. The van der Waals surface area contributed by atoms with Crippen LogP contribution in [-0.4, -0.2) is 34.6 Å². The van der Waals surface area contributed by atoms with Crippen molar-refractivity contribution in [2.45, 2.75) is 25.1 Å². The molecule has 4 rings (SSSR count). The van der Waals surface area contributed by atoms with Crippen LogP contribution in [0.1, 0.15) is 29.3 Å². The maximum Gasteiger partial charge on any atom is 0.416 e. The highest BCUT2D eigenvalue weighted by molar-refractivity contribution is 5.79. The molecule has 1 aliphatic heterocycles. The summed E-state index contributed by atoms with van der Waals surface area (Å²) in [5.41, 5.74) is 0.585. The third-order valence-electron chi connectivity index (χ3n) is 4.99. The van der Waals surface area contributed by atoms with Crippen LogP contribution >= 0.6 is 0 Å². The second-order valence-electron chi connectivity index (χ2n) is 7.06. The van der Waals surface area contributed by atoms with Crippen molar-refractivity contribution >= 4 is 5.91 Å². The van der Waals surface area contributed by atoms with Crippen LogP contribution in [0.3, 0.4) is 0 Å². The molecule has 1 amide bonds. The molecular weight excluding hydrogens is 399 g/mol. The molecule has 30 heavy (non-hydrogen) atoms. The van der Waals surface area contributed by atoms with Crippen molar-refractivity contribution in [2.24, 2.45) is 0 Å². The van der Waals surface area contributed by atoms with Crippen molar-refractivity contribution in [3.63, 3.8) is 0 Å². The van der Waals surface area contributed by atoms with E-state index in [2.05, 4.69) is 10.1 Å². The van der Waals surface area contributed by atoms with E-state index >= 15 is 0 Å². The minimum Gasteiger partial charge on any atom is -0.497 e. The summed E-state index contributed by atoms with van der Waals surface area (Å²) in [5, 5.41) is 3.94. The number of amides is 1. The fourth-order valence-corrected chi connectivity index (χ4v) is 3.41. The van der Waals surface area contributed by atoms with Gasteiger partial charge in [-0.25, -0.2) is 0 Å². The lowest BCUT2D eigenvalue weighted by Crippen LogP contribution is -2.24. The highest BCUT2D eigenvalue weighted by Gasteiger charge is 2.34. The average molecular weight is 417 g/mol. The van der Waals surface area contributed by atoms with Gasteiger partial charge in [-0.05, 0) is 42.0 Å². The second-order valence-corrected chi connectivity index (χ2v) is 7.06. The fraction of sp³-hybridized carbons (Fsp3) is 0.286. The molecule has 0 saturated carbocycles. The smallest absolute Gasteiger partial charge is 0.416 e. The lowest BCUT2D eigenvalue weighted by Gasteiger charge is -2.16. The van der Waals surface area contributed by atoms with Gasteiger partial charge in [-0.2, -0.15) is 18.2 Å². The van der Waals surface area contributed by atoms with E-state index in [1.54, 1.807) is 12.0 Å². The zero-order valence-corrected chi connectivity index (χ0v) is 16.0. The minimum atomic E-state index is -4.41. The van der Waals surface area contributed by atoms with Crippen molar-refractivity contribution in [3.8, 4) is 17.2 Å². The number of carbonyl (C=O) groups excluding carboxylic acids is 1. The highest BCUT2D eigenvalue weighted by Crippen LogP contribution is 2.32. The Balaban J connectivity index is 1.45. The number of ether oxygens (including phenoxy) is 1. The van der Waals surface area contributed by atoms with Gasteiger partial charge in [-0.15, -0.1) is 0 Å². The van der Waals surface area contributed by atoms with Crippen LogP contribution < -0.4 is 4.74 Å². The van der Waals surface area contributed by atoms with E-state index < -0.39 is 11.7 Å². The predicted molar refractivity (Wildman–Crippen MR) is 101 cm³/mol. The van der Waals surface area contributed by atoms with E-state index in [4.69, 9.17) is 9.26 Å². The Morgan fingerprint density at radius 2 is 1.97 bits per heavy atom. The first-order chi connectivity index (χ1) is 14.3. The number of carbonyl (C=O) groups is 1. The first-order valence-electron chi connectivity index (χ1n) is 9.25. The Hall–Kier alpha value is -3.36. The molecule has 2 aromatic carbocycles. The summed E-state index contributed by atoms with van der Waals surface area (Å²) in [6.07, 6.45) is -4.16. The zero-order valence-electron chi connectivity index (χ0n) is 16.0. The number of benzene rings is 2. The number of rotatable bonds is 5. The summed E-state index contributed by atoms with van der Waals surface area (Å²) in [7, 11) is 1.58. The van der Waals surface area contributed by atoms with E-state index in [0.29, 0.717) is 24.5 Å². The molecule has 1 fully saturated rings. The SMILES string of the molecule is COc1cccc(CN2CC(c3noc(-c4ccc(C(F)(F)F)cc4)n3)CC2=O)c1. The lowest BCUT2D eigenvalue weighted by molar-refractivity contribution is -0.137. The first-order valence-corrected chi connectivity index (χ1v) is 9.25. The monoisotopic (exact) mass is 417 g/mol. The van der Waals surface area contributed by atoms with E-state index in [1.165, 1.54) is 12.1 Å². The summed E-state index contributed by atoms with van der Waals surface area (Å²) in [6, 6.07) is 12.0. The average Bonchev–Trinajstić information content (AvgIpc) is 3.35. The van der Waals surface area contributed by atoms with Crippen LogP contribution in [0, 0.1) is 0 Å². The molecule has 1 atom stereocenters. The Bertz CT molecular complexity index is 1050. The summed E-state index contributed by atoms with van der Waals surface area (Å²) in [4.78, 5) is 18.4. The van der Waals surface area contributed by atoms with Crippen LogP contribution in [0.15, 0.2) is 53.1 Å². The van der Waals surface area contributed by atoms with Crippen molar-refractivity contribution in [2.75, 3.05) is 13.7 Å². The van der Waals surface area contributed by atoms with E-state index in [0.717, 1.165) is 23.4 Å². The molecule has 0 radical (unpaired) electrons. The zero-order chi connectivity index (χ0) is 21.3. The van der Waals surface area contributed by atoms with Gasteiger partial charge in [0.05, 0.1) is 12.7 Å². The predicted octanol–water partition coefficient (Wildman–Crippen LogP) is 4.28. The number of hydrogen-bond acceptors (Lipinski definition) is 5. The lowest BCUT2D eigenvalue weighted by atomic mass is 10.1. The fourth-order valence-electron chi connectivity index (χ4n) is 3.41. The topological polar surface area (TPSA) is 68.5 Å². The van der Waals surface area contributed by atoms with Gasteiger partial charge in [-0.1, -0.05) is 17.3 Å². The molecule has 1 aliphatic rings. The van der Waals surface area contributed by atoms with E-state index in [-0.39, 0.29) is 24.1 Å². The molecule has 0 spiro atoms. The molecule has 6 nitrogen and oxygen atoms in total. The molecule has 0 aliphatic carbocycles. The minimum absolute atomic E-state index is 0.0244. The molecule has 0 N–H and O–H groups in total. The number of methoxy groups -OCH3 is 1. The molecule has 1 saturated heterocycles. The molecule has 2 heterocycles. The standard InChI is InChI=1S/C21H18F3N3O3/c1-29-17-4-2-3-13(9-17)11-27-12-15(10-18(27)28)19-25-20(30-26-19)14-5-7-16(8-6-14)21(22,23)24/h2-9,15H,10-12H2,1H3. The maximum absolute atomic E-state index is 12.7. The number of hydrogen-bond donors (Lipinski definition) is 0. The number of aromatic nitrogens is 2. The Kier molecular flexibility index (Phi) is 5.19. The summed E-state index contributed by atoms with van der Waals surface area (Å²) >= 11 is 0. The van der Waals surface area contributed by atoms with Gasteiger partial charge in [0.25, 0.3) is 5.89 Å². The summed E-state index contributed by atoms with van der Waals surface area (Å²) in [6.45, 7) is 0.873. The van der Waals surface area contributed by atoms with Crippen LogP contribution in [0.25, 0.3) is 11.5 Å². The Labute approximate surface area is 170 Å². The largest absolute Gasteiger partial charge is 0.497 e. The molecule has 3 aromatic rings. The summed E-state index contributed by atoms with van der Waals surface area (Å²) in [5.74, 6) is 0.942. The van der Waals surface area contributed by atoms with Gasteiger partial charge in [0.1, 0.15) is 5.75 Å². The van der Waals surface area contributed by atoms with Gasteiger partial charge < -0.3 is 14.2 Å². The molecular formula is C21H18F3N3O3. The molecule has 1 unspecified atom stereocenters. The van der Waals surface area contributed by atoms with Crippen molar-refractivity contribution in [3.05, 3.63) is 65.5 Å². The van der Waals surface area contributed by atoms with Crippen LogP contribution in [0.4, 0.5) is 13.2 Å². The number of halogens is 3. The number of likely N-dealkylation sites (tertiary alicyclic amines) is 1. The van der Waals surface area contributed by atoms with Crippen molar-refractivity contribution < 1.29 is 27.2 Å². The molecule has 156 valence electrons. The highest BCUT2D eigenvalue weighted by atomic mass is 19.4. The molecule has 9 heteroatoms. The van der Waals surface area contributed by atoms with E-state index in [1.807, 2.05) is 24.3 Å².